The fourth-order valence-electron chi connectivity index (χ4n) is 1.30. The van der Waals surface area contributed by atoms with Crippen molar-refractivity contribution >= 4 is 21.9 Å². The number of carbonyl (C=O) groups excluding carboxylic acids is 1. The Kier molecular flexibility index (Phi) is 3.55. The van der Waals surface area contributed by atoms with Crippen LogP contribution in [0.2, 0.25) is 0 Å². The second kappa shape index (κ2) is 5.11. The van der Waals surface area contributed by atoms with Gasteiger partial charge in [0.05, 0.1) is 6.61 Å². The van der Waals surface area contributed by atoms with Crippen LogP contribution < -0.4 is 9.47 Å². The lowest BCUT2D eigenvalue weighted by atomic mass is 10.2. The molecule has 0 aromatic heterocycles. The van der Waals surface area contributed by atoms with E-state index in [0.717, 1.165) is 4.47 Å². The Balaban J connectivity index is 2.24. The van der Waals surface area contributed by atoms with Crippen molar-refractivity contribution in [3.8, 4) is 23.3 Å². The Labute approximate surface area is 107 Å². The number of benzene rings is 1. The number of hydrogen-bond acceptors (Lipinski definition) is 4. The summed E-state index contributed by atoms with van der Waals surface area (Å²) in [4.78, 5) is 11.1. The molecule has 0 N–H and O–H groups in total. The normalized spacial score (nSPS) is 11.6. The predicted octanol–water partition coefficient (Wildman–Crippen LogP) is 2.09. The summed E-state index contributed by atoms with van der Waals surface area (Å²) in [6.45, 7) is 2.25. The summed E-state index contributed by atoms with van der Waals surface area (Å²) in [7, 11) is 0. The van der Waals surface area contributed by atoms with Crippen LogP contribution in [-0.4, -0.2) is 19.4 Å². The molecule has 17 heavy (non-hydrogen) atoms. The van der Waals surface area contributed by atoms with E-state index in [1.165, 1.54) is 0 Å². The summed E-state index contributed by atoms with van der Waals surface area (Å²) in [5.41, 5.74) is 0.655. The summed E-state index contributed by atoms with van der Waals surface area (Å²) in [5, 5.41) is 0. The average Bonchev–Trinajstić information content (AvgIpc) is 2.73. The van der Waals surface area contributed by atoms with Crippen molar-refractivity contribution in [2.45, 2.75) is 6.92 Å². The molecule has 0 saturated carbocycles. The average molecular weight is 297 g/mol. The smallest absolute Gasteiger partial charge is 0.384 e. The van der Waals surface area contributed by atoms with Crippen molar-refractivity contribution in [2.24, 2.45) is 0 Å². The van der Waals surface area contributed by atoms with Gasteiger partial charge in [-0.05, 0) is 28.9 Å². The first-order chi connectivity index (χ1) is 8.20. The molecule has 1 heterocycles. The molecule has 0 spiro atoms. The lowest BCUT2D eigenvalue weighted by Gasteiger charge is -1.99. The van der Waals surface area contributed by atoms with Crippen LogP contribution in [0.25, 0.3) is 0 Å². The first kappa shape index (κ1) is 11.8. The molecule has 88 valence electrons. The molecule has 1 aliphatic heterocycles. The number of fused-ring (bicyclic) bond motifs is 1. The SMILES string of the molecule is CCOC(=O)C#Cc1cc2c(cc1Br)OCO2. The van der Waals surface area contributed by atoms with Gasteiger partial charge in [0.1, 0.15) is 0 Å². The topological polar surface area (TPSA) is 44.8 Å². The highest BCUT2D eigenvalue weighted by Crippen LogP contribution is 2.36. The molecular formula is C12H9BrO4. The zero-order chi connectivity index (χ0) is 12.3. The highest BCUT2D eigenvalue weighted by molar-refractivity contribution is 9.10. The Morgan fingerprint density at radius 1 is 1.47 bits per heavy atom. The number of carbonyl (C=O) groups is 1. The predicted molar refractivity (Wildman–Crippen MR) is 63.8 cm³/mol. The van der Waals surface area contributed by atoms with Crippen molar-refractivity contribution in [3.63, 3.8) is 0 Å². The first-order valence-corrected chi connectivity index (χ1v) is 5.78. The van der Waals surface area contributed by atoms with Crippen LogP contribution in [0.1, 0.15) is 12.5 Å². The molecular weight excluding hydrogens is 288 g/mol. The summed E-state index contributed by atoms with van der Waals surface area (Å²) in [6.07, 6.45) is 0. The van der Waals surface area contributed by atoms with Gasteiger partial charge in [-0.3, -0.25) is 0 Å². The Morgan fingerprint density at radius 3 is 2.88 bits per heavy atom. The number of hydrogen-bond donors (Lipinski definition) is 0. The van der Waals surface area contributed by atoms with Gasteiger partial charge in [0, 0.05) is 22.0 Å². The molecule has 0 saturated heterocycles. The standard InChI is InChI=1S/C12H9BrO4/c1-2-15-12(14)4-3-8-5-10-11(6-9(8)13)17-7-16-10/h5-6H,2,7H2,1H3. The second-order valence-electron chi connectivity index (χ2n) is 3.16. The van der Waals surface area contributed by atoms with E-state index >= 15 is 0 Å². The van der Waals surface area contributed by atoms with Crippen LogP contribution in [-0.2, 0) is 9.53 Å². The Bertz CT molecular complexity index is 513. The second-order valence-corrected chi connectivity index (χ2v) is 4.01. The third-order valence-corrected chi connectivity index (χ3v) is 2.69. The zero-order valence-corrected chi connectivity index (χ0v) is 10.7. The van der Waals surface area contributed by atoms with E-state index in [9.17, 15) is 4.79 Å². The van der Waals surface area contributed by atoms with E-state index < -0.39 is 5.97 Å². The van der Waals surface area contributed by atoms with E-state index in [0.29, 0.717) is 23.7 Å². The molecule has 1 aliphatic rings. The first-order valence-electron chi connectivity index (χ1n) is 4.98. The third kappa shape index (κ3) is 2.71. The van der Waals surface area contributed by atoms with Gasteiger partial charge in [-0.2, -0.15) is 0 Å². The van der Waals surface area contributed by atoms with Gasteiger partial charge in [0.15, 0.2) is 11.5 Å². The lowest BCUT2D eigenvalue weighted by molar-refractivity contribution is -0.136. The molecule has 0 bridgehead atoms. The molecule has 0 atom stereocenters. The van der Waals surface area contributed by atoms with Gasteiger partial charge in [0.25, 0.3) is 0 Å². The Hall–Kier alpha value is -1.67. The van der Waals surface area contributed by atoms with Gasteiger partial charge in [-0.25, -0.2) is 4.79 Å². The summed E-state index contributed by atoms with van der Waals surface area (Å²) < 4.78 is 15.9. The maximum atomic E-state index is 11.1. The molecule has 0 aliphatic carbocycles. The zero-order valence-electron chi connectivity index (χ0n) is 9.08. The number of esters is 1. The van der Waals surface area contributed by atoms with E-state index in [4.69, 9.17) is 14.2 Å². The van der Waals surface area contributed by atoms with Crippen molar-refractivity contribution in [2.75, 3.05) is 13.4 Å². The molecule has 4 nitrogen and oxygen atoms in total. The summed E-state index contributed by atoms with van der Waals surface area (Å²) in [5.74, 6) is 5.86. The monoisotopic (exact) mass is 296 g/mol. The van der Waals surface area contributed by atoms with Crippen molar-refractivity contribution < 1.29 is 19.0 Å². The third-order valence-electron chi connectivity index (χ3n) is 2.04. The number of rotatable bonds is 1. The van der Waals surface area contributed by atoms with Gasteiger partial charge >= 0.3 is 5.97 Å². The molecule has 1 aromatic carbocycles. The van der Waals surface area contributed by atoms with Crippen LogP contribution in [0.5, 0.6) is 11.5 Å². The van der Waals surface area contributed by atoms with Crippen molar-refractivity contribution in [1.82, 2.24) is 0 Å². The number of ether oxygens (including phenoxy) is 3. The number of halogens is 1. The van der Waals surface area contributed by atoms with Gasteiger partial charge in [-0.15, -0.1) is 0 Å². The minimum Gasteiger partial charge on any atom is -0.456 e. The van der Waals surface area contributed by atoms with E-state index in [1.54, 1.807) is 19.1 Å². The minimum atomic E-state index is -0.544. The molecule has 0 unspecified atom stereocenters. The van der Waals surface area contributed by atoms with Gasteiger partial charge < -0.3 is 14.2 Å². The highest BCUT2D eigenvalue weighted by Gasteiger charge is 2.15. The lowest BCUT2D eigenvalue weighted by Crippen LogP contribution is -1.99. The maximum Gasteiger partial charge on any atom is 0.384 e. The van der Waals surface area contributed by atoms with Crippen LogP contribution >= 0.6 is 15.9 Å². The van der Waals surface area contributed by atoms with E-state index in [2.05, 4.69) is 27.8 Å². The molecule has 0 fully saturated rings. The van der Waals surface area contributed by atoms with E-state index in [1.807, 2.05) is 0 Å². The quantitative estimate of drug-likeness (QED) is 0.588. The summed E-state index contributed by atoms with van der Waals surface area (Å²) in [6, 6.07) is 3.48. The van der Waals surface area contributed by atoms with Crippen molar-refractivity contribution in [3.05, 3.63) is 22.2 Å². The van der Waals surface area contributed by atoms with Crippen molar-refractivity contribution in [1.29, 1.82) is 0 Å². The van der Waals surface area contributed by atoms with Crippen LogP contribution in [0.3, 0.4) is 0 Å². The summed E-state index contributed by atoms with van der Waals surface area (Å²) >= 11 is 3.35. The molecule has 2 rings (SSSR count). The van der Waals surface area contributed by atoms with E-state index in [-0.39, 0.29) is 6.79 Å². The fraction of sp³-hybridized carbons (Fsp3) is 0.250. The largest absolute Gasteiger partial charge is 0.456 e. The van der Waals surface area contributed by atoms with Crippen LogP contribution in [0.15, 0.2) is 16.6 Å². The molecule has 0 amide bonds. The van der Waals surface area contributed by atoms with Gasteiger partial charge in [0.2, 0.25) is 6.79 Å². The fourth-order valence-corrected chi connectivity index (χ4v) is 1.72. The molecule has 5 heteroatoms. The van der Waals surface area contributed by atoms with Crippen LogP contribution in [0, 0.1) is 11.8 Å². The van der Waals surface area contributed by atoms with Gasteiger partial charge in [-0.1, -0.05) is 5.92 Å². The minimum absolute atomic E-state index is 0.205. The molecule has 0 radical (unpaired) electrons. The highest BCUT2D eigenvalue weighted by atomic mass is 79.9. The molecule has 1 aromatic rings. The maximum absolute atomic E-state index is 11.1. The Morgan fingerprint density at radius 2 is 2.18 bits per heavy atom. The van der Waals surface area contributed by atoms with Crippen LogP contribution in [0.4, 0.5) is 0 Å².